The molecule has 1 saturated heterocycles. The van der Waals surface area contributed by atoms with Crippen LogP contribution in [0.4, 0.5) is 13.2 Å². The van der Waals surface area contributed by atoms with Gasteiger partial charge in [0.15, 0.2) is 0 Å². The molecule has 0 saturated carbocycles. The van der Waals surface area contributed by atoms with Gasteiger partial charge in [-0.2, -0.15) is 13.2 Å². The minimum atomic E-state index is -4.11. The Kier molecular flexibility index (Phi) is 5.51. The van der Waals surface area contributed by atoms with Gasteiger partial charge in [-0.15, -0.1) is 0 Å². The van der Waals surface area contributed by atoms with Crippen LogP contribution in [0.1, 0.15) is 5.56 Å². The minimum Gasteiger partial charge on any atom is -0.496 e. The van der Waals surface area contributed by atoms with E-state index >= 15 is 0 Å². The van der Waals surface area contributed by atoms with E-state index in [0.717, 1.165) is 22.3 Å². The van der Waals surface area contributed by atoms with Crippen molar-refractivity contribution in [3.8, 4) is 5.75 Å². The van der Waals surface area contributed by atoms with Crippen LogP contribution in [0.2, 0.25) is 0 Å². The smallest absolute Gasteiger partial charge is 0.401 e. The third kappa shape index (κ3) is 5.16. The predicted molar refractivity (Wildman–Crippen MR) is 78.5 cm³/mol. The predicted octanol–water partition coefficient (Wildman–Crippen LogP) is 3.14. The number of hydrogen-bond donors (Lipinski definition) is 0. The highest BCUT2D eigenvalue weighted by Crippen LogP contribution is 2.26. The number of halogens is 4. The number of piperazine rings is 1. The van der Waals surface area contributed by atoms with Gasteiger partial charge in [0.1, 0.15) is 5.75 Å². The fraction of sp³-hybridized carbons (Fsp3) is 0.571. The molecule has 21 heavy (non-hydrogen) atoms. The van der Waals surface area contributed by atoms with Crippen LogP contribution in [0.25, 0.3) is 0 Å². The standard InChI is InChI=1S/C14H18BrF3N2O/c1-21-13-3-2-11(8-12(13)15)9-19-4-6-20(7-5-19)10-14(16,17)18/h2-3,8H,4-7,9-10H2,1H3. The van der Waals surface area contributed by atoms with Crippen LogP contribution in [0.5, 0.6) is 5.75 Å². The summed E-state index contributed by atoms with van der Waals surface area (Å²) in [5.74, 6) is 0.772. The lowest BCUT2D eigenvalue weighted by molar-refractivity contribution is -0.149. The third-order valence-electron chi connectivity index (χ3n) is 3.49. The van der Waals surface area contributed by atoms with Gasteiger partial charge < -0.3 is 4.74 Å². The second-order valence-electron chi connectivity index (χ2n) is 5.14. The Morgan fingerprint density at radius 1 is 1.14 bits per heavy atom. The average Bonchev–Trinajstić information content (AvgIpc) is 2.40. The largest absolute Gasteiger partial charge is 0.496 e. The first-order valence-corrected chi connectivity index (χ1v) is 7.50. The Hall–Kier alpha value is -0.790. The Labute approximate surface area is 130 Å². The Morgan fingerprint density at radius 2 is 1.76 bits per heavy atom. The lowest BCUT2D eigenvalue weighted by atomic mass is 10.2. The Morgan fingerprint density at radius 3 is 2.29 bits per heavy atom. The molecule has 0 N–H and O–H groups in total. The van der Waals surface area contributed by atoms with E-state index in [2.05, 4.69) is 20.8 Å². The van der Waals surface area contributed by atoms with Crippen molar-refractivity contribution in [2.75, 3.05) is 39.8 Å². The van der Waals surface area contributed by atoms with Crippen molar-refractivity contribution in [1.82, 2.24) is 9.80 Å². The molecular formula is C14H18BrF3N2O. The third-order valence-corrected chi connectivity index (χ3v) is 4.11. The van der Waals surface area contributed by atoms with Gasteiger partial charge in [0.2, 0.25) is 0 Å². The van der Waals surface area contributed by atoms with Gasteiger partial charge in [0.25, 0.3) is 0 Å². The van der Waals surface area contributed by atoms with Crippen molar-refractivity contribution in [3.63, 3.8) is 0 Å². The number of ether oxygens (including phenoxy) is 1. The van der Waals surface area contributed by atoms with Gasteiger partial charge in [0.05, 0.1) is 18.1 Å². The lowest BCUT2D eigenvalue weighted by Crippen LogP contribution is -2.48. The van der Waals surface area contributed by atoms with Crippen LogP contribution in [-0.2, 0) is 6.54 Å². The molecule has 1 heterocycles. The van der Waals surface area contributed by atoms with Crippen molar-refractivity contribution >= 4 is 15.9 Å². The molecule has 0 bridgehead atoms. The summed E-state index contributed by atoms with van der Waals surface area (Å²) in [6.45, 7) is 2.14. The second-order valence-corrected chi connectivity index (χ2v) is 5.99. The van der Waals surface area contributed by atoms with Crippen molar-refractivity contribution in [2.24, 2.45) is 0 Å². The van der Waals surface area contributed by atoms with Crippen molar-refractivity contribution < 1.29 is 17.9 Å². The van der Waals surface area contributed by atoms with Crippen LogP contribution in [-0.4, -0.2) is 55.8 Å². The fourth-order valence-corrected chi connectivity index (χ4v) is 3.01. The zero-order valence-corrected chi connectivity index (χ0v) is 13.4. The molecule has 0 aliphatic carbocycles. The quantitative estimate of drug-likeness (QED) is 0.813. The minimum absolute atomic E-state index is 0.455. The average molecular weight is 367 g/mol. The van der Waals surface area contributed by atoms with Crippen LogP contribution < -0.4 is 4.74 Å². The lowest BCUT2D eigenvalue weighted by Gasteiger charge is -2.35. The monoisotopic (exact) mass is 366 g/mol. The summed E-state index contributed by atoms with van der Waals surface area (Å²) in [5.41, 5.74) is 1.12. The van der Waals surface area contributed by atoms with E-state index in [9.17, 15) is 13.2 Å². The van der Waals surface area contributed by atoms with Gasteiger partial charge >= 0.3 is 6.18 Å². The molecule has 118 valence electrons. The number of benzene rings is 1. The maximum absolute atomic E-state index is 12.3. The van der Waals surface area contributed by atoms with E-state index in [-0.39, 0.29) is 0 Å². The molecule has 2 rings (SSSR count). The summed E-state index contributed by atoms with van der Waals surface area (Å²) in [5, 5.41) is 0. The molecule has 0 amide bonds. The molecule has 3 nitrogen and oxygen atoms in total. The highest BCUT2D eigenvalue weighted by Gasteiger charge is 2.32. The van der Waals surface area contributed by atoms with E-state index in [1.54, 1.807) is 7.11 Å². The van der Waals surface area contributed by atoms with Crippen LogP contribution in [0.15, 0.2) is 22.7 Å². The first-order valence-electron chi connectivity index (χ1n) is 6.71. The van der Waals surface area contributed by atoms with Crippen LogP contribution in [0.3, 0.4) is 0 Å². The van der Waals surface area contributed by atoms with Crippen molar-refractivity contribution in [1.29, 1.82) is 0 Å². The summed E-state index contributed by atoms with van der Waals surface area (Å²) in [6, 6.07) is 5.85. The number of alkyl halides is 3. The molecule has 1 aliphatic rings. The first kappa shape index (κ1) is 16.6. The summed E-state index contributed by atoms with van der Waals surface area (Å²) in [6.07, 6.45) is -4.11. The molecule has 1 aromatic rings. The van der Waals surface area contributed by atoms with Gasteiger partial charge in [-0.3, -0.25) is 9.80 Å². The fourth-order valence-electron chi connectivity index (χ4n) is 2.43. The normalized spacial score (nSPS) is 18.0. The molecule has 0 spiro atoms. The van der Waals surface area contributed by atoms with E-state index in [1.165, 1.54) is 4.90 Å². The summed E-state index contributed by atoms with van der Waals surface area (Å²) in [4.78, 5) is 3.63. The van der Waals surface area contributed by atoms with E-state index in [1.807, 2.05) is 18.2 Å². The number of methoxy groups -OCH3 is 1. The highest BCUT2D eigenvalue weighted by molar-refractivity contribution is 9.10. The Bertz CT molecular complexity index is 474. The zero-order chi connectivity index (χ0) is 15.5. The van der Waals surface area contributed by atoms with Crippen molar-refractivity contribution in [3.05, 3.63) is 28.2 Å². The molecular weight excluding hydrogens is 349 g/mol. The molecule has 1 aliphatic heterocycles. The summed E-state index contributed by atoms with van der Waals surface area (Å²) < 4.78 is 43.0. The molecule has 7 heteroatoms. The molecule has 0 atom stereocenters. The first-order chi connectivity index (χ1) is 9.87. The van der Waals surface area contributed by atoms with Gasteiger partial charge in [0, 0.05) is 32.7 Å². The molecule has 0 radical (unpaired) electrons. The van der Waals surface area contributed by atoms with Gasteiger partial charge in [-0.1, -0.05) is 6.07 Å². The number of hydrogen-bond acceptors (Lipinski definition) is 3. The van der Waals surface area contributed by atoms with Crippen molar-refractivity contribution in [2.45, 2.75) is 12.7 Å². The van der Waals surface area contributed by atoms with Crippen LogP contribution >= 0.6 is 15.9 Å². The maximum atomic E-state index is 12.3. The van der Waals surface area contributed by atoms with Gasteiger partial charge in [-0.25, -0.2) is 0 Å². The summed E-state index contributed by atoms with van der Waals surface area (Å²) >= 11 is 3.44. The number of rotatable bonds is 4. The zero-order valence-electron chi connectivity index (χ0n) is 11.8. The van der Waals surface area contributed by atoms with Crippen LogP contribution in [0, 0.1) is 0 Å². The molecule has 1 aromatic carbocycles. The van der Waals surface area contributed by atoms with E-state index in [4.69, 9.17) is 4.74 Å². The molecule has 0 aromatic heterocycles. The molecule has 0 unspecified atom stereocenters. The Balaban J connectivity index is 1.85. The maximum Gasteiger partial charge on any atom is 0.401 e. The second kappa shape index (κ2) is 6.98. The SMILES string of the molecule is COc1ccc(CN2CCN(CC(F)(F)F)CC2)cc1Br. The van der Waals surface area contributed by atoms with Gasteiger partial charge in [-0.05, 0) is 33.6 Å². The molecule has 1 fully saturated rings. The highest BCUT2D eigenvalue weighted by atomic mass is 79.9. The summed E-state index contributed by atoms with van der Waals surface area (Å²) in [7, 11) is 1.61. The topological polar surface area (TPSA) is 15.7 Å². The van der Waals surface area contributed by atoms with E-state index < -0.39 is 12.7 Å². The van der Waals surface area contributed by atoms with E-state index in [0.29, 0.717) is 26.2 Å². The number of nitrogens with zero attached hydrogens (tertiary/aromatic N) is 2.